The maximum absolute atomic E-state index is 5.36. The molecule has 9 nitrogen and oxygen atoms in total. The van der Waals surface area contributed by atoms with Crippen molar-refractivity contribution in [2.75, 3.05) is 0 Å². The molecule has 6 aromatic heterocycles. The monoisotopic (exact) mass is 1660 g/mol. The molecule has 0 aliphatic rings. The van der Waals surface area contributed by atoms with Gasteiger partial charge in [-0.25, -0.2) is 34.9 Å². The summed E-state index contributed by atoms with van der Waals surface area (Å²) in [5, 5.41) is 7.15. The Kier molecular flexibility index (Phi) is 20.1. The van der Waals surface area contributed by atoms with Gasteiger partial charge in [-0.3, -0.25) is 0 Å². The number of hydrogen-bond donors (Lipinski definition) is 0. The summed E-state index contributed by atoms with van der Waals surface area (Å²) >= 11 is 0. The Labute approximate surface area is 752 Å². The third kappa shape index (κ3) is 14.9. The van der Waals surface area contributed by atoms with E-state index >= 15 is 0 Å². The first-order valence-electron chi connectivity index (χ1n) is 43.9. The van der Waals surface area contributed by atoms with E-state index < -0.39 is 0 Å². The fourth-order valence-corrected chi connectivity index (χ4v) is 18.2. The van der Waals surface area contributed by atoms with Crippen LogP contribution < -0.4 is 0 Å². The molecule has 0 spiro atoms. The summed E-state index contributed by atoms with van der Waals surface area (Å²) in [6.07, 6.45) is 0. The van der Waals surface area contributed by atoms with Gasteiger partial charge >= 0.3 is 0 Å². The minimum atomic E-state index is 0.617. The molecule has 608 valence electrons. The van der Waals surface area contributed by atoms with Crippen LogP contribution in [0.15, 0.2) is 479 Å². The first kappa shape index (κ1) is 77.3. The standard InChI is InChI=1S/C61H40N4.C60H39N5/c1-4-14-41(15-5-1)43-24-32-47(33-25-43)55-40-56(48-34-26-44(27-35-48)42-16-6-2-7-17-42)64-61(63-55)50-38-30-46(31-39-50)45-28-36-49(37-29-45)59-60-58(52-20-10-12-22-54(52)62-59)53-21-11-13-23-57(53)65(60)51-18-8-3-9-19-51;1-4-14-40(15-5-1)42-26-34-47(35-27-42)58-62-59(48-36-28-43(29-37-48)41-16-6-2-7-17-41)64-60(63-58)49-38-30-45(31-39-49)44-24-32-46(33-25-44)56-57-55(51-20-10-12-22-53(51)61-56)52-21-11-13-23-54(52)65(57)50-18-8-3-9-19-50/h1-40H;1-39H. The molecule has 18 aromatic carbocycles. The van der Waals surface area contributed by atoms with E-state index in [4.69, 9.17) is 34.9 Å². The summed E-state index contributed by atoms with van der Waals surface area (Å²) in [5.74, 6) is 2.54. The van der Waals surface area contributed by atoms with Gasteiger partial charge in [-0.15, -0.1) is 0 Å². The number of para-hydroxylation sites is 6. The zero-order valence-corrected chi connectivity index (χ0v) is 70.6. The molecule has 0 atom stereocenters. The van der Waals surface area contributed by atoms with Crippen molar-refractivity contribution in [2.45, 2.75) is 0 Å². The fraction of sp³-hybridized carbons (Fsp3) is 0. The normalized spacial score (nSPS) is 11.4. The molecule has 0 N–H and O–H groups in total. The van der Waals surface area contributed by atoms with Gasteiger partial charge in [-0.2, -0.15) is 0 Å². The lowest BCUT2D eigenvalue weighted by Gasteiger charge is -2.13. The maximum atomic E-state index is 5.36. The number of aromatic nitrogens is 9. The number of rotatable bonds is 16. The molecule has 0 aliphatic heterocycles. The number of hydrogen-bond acceptors (Lipinski definition) is 7. The van der Waals surface area contributed by atoms with Crippen LogP contribution in [0.2, 0.25) is 0 Å². The number of nitrogens with zero attached hydrogens (tertiary/aromatic N) is 9. The molecule has 0 fully saturated rings. The van der Waals surface area contributed by atoms with E-state index in [-0.39, 0.29) is 0 Å². The molecule has 0 unspecified atom stereocenters. The van der Waals surface area contributed by atoms with Gasteiger partial charge in [0.1, 0.15) is 0 Å². The average Bonchev–Trinajstić information content (AvgIpc) is 1.57. The Morgan fingerprint density at radius 2 is 0.354 bits per heavy atom. The molecule has 24 rings (SSSR count). The predicted molar refractivity (Wildman–Crippen MR) is 537 cm³/mol. The lowest BCUT2D eigenvalue weighted by Crippen LogP contribution is -2.00. The van der Waals surface area contributed by atoms with Crippen molar-refractivity contribution in [3.05, 3.63) is 479 Å². The number of pyridine rings is 2. The van der Waals surface area contributed by atoms with Crippen LogP contribution in [-0.4, -0.2) is 44.0 Å². The first-order valence-corrected chi connectivity index (χ1v) is 43.9. The van der Waals surface area contributed by atoms with Crippen molar-refractivity contribution >= 4 is 65.4 Å². The highest BCUT2D eigenvalue weighted by Crippen LogP contribution is 2.45. The fourth-order valence-electron chi connectivity index (χ4n) is 18.2. The van der Waals surface area contributed by atoms with E-state index in [2.05, 4.69) is 464 Å². The van der Waals surface area contributed by atoms with Crippen LogP contribution in [0.25, 0.3) is 234 Å². The van der Waals surface area contributed by atoms with Gasteiger partial charge in [0.05, 0.1) is 55.9 Å². The molecule has 24 aromatic rings. The molecule has 0 saturated heterocycles. The zero-order valence-electron chi connectivity index (χ0n) is 70.6. The van der Waals surface area contributed by atoms with Gasteiger partial charge in [0.2, 0.25) is 0 Å². The Bertz CT molecular complexity index is 7570. The molecule has 0 aliphatic carbocycles. The number of benzene rings is 18. The Balaban J connectivity index is 0.000000148. The van der Waals surface area contributed by atoms with Crippen LogP contribution in [0.1, 0.15) is 0 Å². The lowest BCUT2D eigenvalue weighted by atomic mass is 9.99. The van der Waals surface area contributed by atoms with E-state index in [0.717, 1.165) is 156 Å². The highest BCUT2D eigenvalue weighted by atomic mass is 15.0. The van der Waals surface area contributed by atoms with Crippen molar-refractivity contribution in [1.82, 2.24) is 44.0 Å². The van der Waals surface area contributed by atoms with Gasteiger partial charge in [-0.05, 0) is 121 Å². The first-order chi connectivity index (χ1) is 64.4. The minimum Gasteiger partial charge on any atom is -0.307 e. The summed E-state index contributed by atoms with van der Waals surface area (Å²) in [4.78, 5) is 36.3. The van der Waals surface area contributed by atoms with E-state index in [1.165, 1.54) is 54.9 Å². The van der Waals surface area contributed by atoms with Crippen molar-refractivity contribution in [1.29, 1.82) is 0 Å². The van der Waals surface area contributed by atoms with Crippen LogP contribution in [0.5, 0.6) is 0 Å². The zero-order chi connectivity index (χ0) is 86.2. The summed E-state index contributed by atoms with van der Waals surface area (Å²) in [6.45, 7) is 0. The Hall–Kier alpha value is -17.5. The third-order valence-corrected chi connectivity index (χ3v) is 24.7. The maximum Gasteiger partial charge on any atom is 0.164 e. The number of fused-ring (bicyclic) bond motifs is 10. The van der Waals surface area contributed by atoms with Gasteiger partial charge < -0.3 is 9.13 Å². The van der Waals surface area contributed by atoms with Gasteiger partial charge in [0.15, 0.2) is 23.3 Å². The smallest absolute Gasteiger partial charge is 0.164 e. The average molecular weight is 1660 g/mol. The minimum absolute atomic E-state index is 0.617. The third-order valence-electron chi connectivity index (χ3n) is 24.7. The van der Waals surface area contributed by atoms with Crippen LogP contribution in [0.4, 0.5) is 0 Å². The topological polar surface area (TPSA) is 100 Å². The highest BCUT2D eigenvalue weighted by Gasteiger charge is 2.25. The van der Waals surface area contributed by atoms with E-state index in [1.54, 1.807) is 0 Å². The molecule has 0 bridgehead atoms. The van der Waals surface area contributed by atoms with Crippen LogP contribution in [0.3, 0.4) is 0 Å². The lowest BCUT2D eigenvalue weighted by molar-refractivity contribution is 1.07. The molecular weight excluding hydrogens is 1580 g/mol. The molecular formula is C121H79N9. The largest absolute Gasteiger partial charge is 0.307 e. The summed E-state index contributed by atoms with van der Waals surface area (Å²) < 4.78 is 4.73. The molecule has 9 heteroatoms. The van der Waals surface area contributed by atoms with E-state index in [9.17, 15) is 0 Å². The Morgan fingerprint density at radius 3 is 0.638 bits per heavy atom. The summed E-state index contributed by atoms with van der Waals surface area (Å²) in [6, 6.07) is 168. The van der Waals surface area contributed by atoms with Crippen LogP contribution in [0, 0.1) is 0 Å². The Morgan fingerprint density at radius 1 is 0.146 bits per heavy atom. The van der Waals surface area contributed by atoms with Gasteiger partial charge in [0, 0.05) is 88.2 Å². The van der Waals surface area contributed by atoms with Crippen molar-refractivity contribution in [3.63, 3.8) is 0 Å². The predicted octanol–water partition coefficient (Wildman–Crippen LogP) is 31.0. The van der Waals surface area contributed by atoms with Crippen molar-refractivity contribution < 1.29 is 0 Å². The molecule has 0 saturated carbocycles. The van der Waals surface area contributed by atoms with Crippen LogP contribution in [-0.2, 0) is 0 Å². The van der Waals surface area contributed by atoms with Crippen LogP contribution >= 0.6 is 0 Å². The summed E-state index contributed by atoms with van der Waals surface area (Å²) in [7, 11) is 0. The van der Waals surface area contributed by atoms with E-state index in [0.29, 0.717) is 23.3 Å². The second-order valence-corrected chi connectivity index (χ2v) is 32.6. The molecule has 130 heavy (non-hydrogen) atoms. The second-order valence-electron chi connectivity index (χ2n) is 32.6. The summed E-state index contributed by atoms with van der Waals surface area (Å²) in [5.41, 5.74) is 34.0. The van der Waals surface area contributed by atoms with Crippen molar-refractivity contribution in [3.8, 4) is 169 Å². The van der Waals surface area contributed by atoms with Gasteiger partial charge in [-0.1, -0.05) is 425 Å². The molecule has 0 radical (unpaired) electrons. The second kappa shape index (κ2) is 33.8. The SMILES string of the molecule is c1ccc(-c2ccc(-c3cc(-c4ccc(-c5ccccc5)cc4)nc(-c4ccc(-c5ccc(-c6nc7ccccc7c7c8ccccc8n(-c8ccccc8)c67)cc5)cc4)n3)cc2)cc1.c1ccc(-c2ccc(-c3nc(-c4ccc(-c5ccccc5)cc4)nc(-c4ccc(-c5ccc(-c6nc7ccccc7c7c8ccccc8n(-c8ccccc8)c67)cc5)cc4)n3)cc2)cc1. The van der Waals surface area contributed by atoms with Gasteiger partial charge in [0.25, 0.3) is 0 Å². The van der Waals surface area contributed by atoms with E-state index in [1.807, 2.05) is 24.3 Å². The molecule has 6 heterocycles. The molecule has 0 amide bonds. The van der Waals surface area contributed by atoms with Crippen molar-refractivity contribution in [2.24, 2.45) is 0 Å². The highest BCUT2D eigenvalue weighted by molar-refractivity contribution is 6.25. The quantitative estimate of drug-likeness (QED) is 0.0950.